The van der Waals surface area contributed by atoms with Crippen molar-refractivity contribution in [1.29, 1.82) is 0 Å². The highest BCUT2D eigenvalue weighted by atomic mass is 32.1. The highest BCUT2D eigenvalue weighted by molar-refractivity contribution is 7.13. The maximum Gasteiger partial charge on any atom is 0.178 e. The van der Waals surface area contributed by atoms with Crippen LogP contribution in [0.4, 0.5) is 0 Å². The molecule has 2 nitrogen and oxygen atoms in total. The van der Waals surface area contributed by atoms with Crippen LogP contribution in [0.1, 0.15) is 32.6 Å². The van der Waals surface area contributed by atoms with Crippen LogP contribution in [0, 0.1) is 12.8 Å². The van der Waals surface area contributed by atoms with Crippen molar-refractivity contribution in [3.63, 3.8) is 0 Å². The van der Waals surface area contributed by atoms with E-state index < -0.39 is 0 Å². The molecule has 0 spiro atoms. The zero-order valence-corrected chi connectivity index (χ0v) is 10.4. The molecule has 3 heteroatoms. The fraction of sp³-hybridized carbons (Fsp3) is 0.286. The molecule has 2 unspecified atom stereocenters. The zero-order valence-electron chi connectivity index (χ0n) is 9.59. The third-order valence-corrected chi connectivity index (χ3v) is 4.15. The Morgan fingerprint density at radius 3 is 2.76 bits per heavy atom. The van der Waals surface area contributed by atoms with Crippen molar-refractivity contribution in [3.05, 3.63) is 52.0 Å². The third-order valence-electron chi connectivity index (χ3n) is 3.22. The van der Waals surface area contributed by atoms with E-state index in [-0.39, 0.29) is 11.7 Å². The Kier molecular flexibility index (Phi) is 2.56. The van der Waals surface area contributed by atoms with Gasteiger partial charge in [0, 0.05) is 12.1 Å². The summed E-state index contributed by atoms with van der Waals surface area (Å²) in [5.41, 5.74) is 1.28. The van der Waals surface area contributed by atoms with Crippen molar-refractivity contribution in [2.75, 3.05) is 0 Å². The Bertz CT molecular complexity index is 546. The lowest BCUT2D eigenvalue weighted by atomic mass is 10.1. The van der Waals surface area contributed by atoms with E-state index in [0.717, 1.165) is 16.3 Å². The molecule has 1 saturated carbocycles. The largest absolute Gasteiger partial charge is 0.293 e. The number of carbonyl (C=O) groups excluding carboxylic acids is 1. The first-order chi connectivity index (χ1) is 8.25. The SMILES string of the molecule is Cc1ncc(C(=O)C2CC2c2ccccc2)s1. The second-order valence-corrected chi connectivity index (χ2v) is 5.70. The number of aromatic nitrogens is 1. The van der Waals surface area contributed by atoms with Gasteiger partial charge in [-0.05, 0) is 24.8 Å². The predicted octanol–water partition coefficient (Wildman–Crippen LogP) is 3.44. The molecule has 17 heavy (non-hydrogen) atoms. The maximum absolute atomic E-state index is 12.2. The third kappa shape index (κ3) is 2.03. The fourth-order valence-corrected chi connectivity index (χ4v) is 2.99. The van der Waals surface area contributed by atoms with E-state index in [9.17, 15) is 4.79 Å². The summed E-state index contributed by atoms with van der Waals surface area (Å²) in [5.74, 6) is 0.868. The number of thiazole rings is 1. The number of hydrogen-bond donors (Lipinski definition) is 0. The number of benzene rings is 1. The summed E-state index contributed by atoms with van der Waals surface area (Å²) in [7, 11) is 0. The molecule has 0 radical (unpaired) electrons. The van der Waals surface area contributed by atoms with Gasteiger partial charge in [-0.3, -0.25) is 4.79 Å². The number of carbonyl (C=O) groups is 1. The Morgan fingerprint density at radius 1 is 1.35 bits per heavy atom. The smallest absolute Gasteiger partial charge is 0.178 e. The molecular formula is C14H13NOS. The summed E-state index contributed by atoms with van der Waals surface area (Å²) >= 11 is 1.50. The molecule has 1 fully saturated rings. The van der Waals surface area contributed by atoms with Gasteiger partial charge in [-0.2, -0.15) is 0 Å². The lowest BCUT2D eigenvalue weighted by molar-refractivity contribution is 0.0969. The van der Waals surface area contributed by atoms with Gasteiger partial charge in [0.2, 0.25) is 0 Å². The first kappa shape index (κ1) is 10.7. The number of Topliss-reactive ketones (excluding diaryl/α,β-unsaturated/α-hetero) is 1. The van der Waals surface area contributed by atoms with E-state index in [1.54, 1.807) is 6.20 Å². The van der Waals surface area contributed by atoms with Crippen LogP contribution in [-0.4, -0.2) is 10.8 Å². The van der Waals surface area contributed by atoms with Crippen molar-refractivity contribution >= 4 is 17.1 Å². The molecule has 1 heterocycles. The Balaban J connectivity index is 1.75. The first-order valence-corrected chi connectivity index (χ1v) is 6.59. The average Bonchev–Trinajstić information content (AvgIpc) is 3.05. The quantitative estimate of drug-likeness (QED) is 0.773. The van der Waals surface area contributed by atoms with E-state index in [1.165, 1.54) is 16.9 Å². The van der Waals surface area contributed by atoms with E-state index in [2.05, 4.69) is 17.1 Å². The highest BCUT2D eigenvalue weighted by Gasteiger charge is 2.44. The van der Waals surface area contributed by atoms with Crippen LogP contribution < -0.4 is 0 Å². The maximum atomic E-state index is 12.2. The van der Waals surface area contributed by atoms with Crippen LogP contribution >= 0.6 is 11.3 Å². The molecule has 1 aromatic carbocycles. The van der Waals surface area contributed by atoms with Gasteiger partial charge < -0.3 is 0 Å². The minimum absolute atomic E-state index is 0.178. The minimum Gasteiger partial charge on any atom is -0.293 e. The lowest BCUT2D eigenvalue weighted by Gasteiger charge is -1.98. The summed E-state index contributed by atoms with van der Waals surface area (Å²) in [5, 5.41) is 0.963. The molecule has 0 bridgehead atoms. The van der Waals surface area contributed by atoms with Gasteiger partial charge in [0.15, 0.2) is 5.78 Å². The number of aryl methyl sites for hydroxylation is 1. The molecule has 0 aliphatic heterocycles. The zero-order chi connectivity index (χ0) is 11.8. The van der Waals surface area contributed by atoms with Gasteiger partial charge in [-0.15, -0.1) is 11.3 Å². The summed E-state index contributed by atoms with van der Waals surface area (Å²) in [6.07, 6.45) is 2.70. The van der Waals surface area contributed by atoms with Gasteiger partial charge in [-0.25, -0.2) is 4.98 Å². The first-order valence-electron chi connectivity index (χ1n) is 5.77. The molecule has 3 rings (SSSR count). The van der Waals surface area contributed by atoms with Crippen LogP contribution in [-0.2, 0) is 0 Å². The molecular weight excluding hydrogens is 230 g/mol. The van der Waals surface area contributed by atoms with Gasteiger partial charge in [0.05, 0.1) is 9.88 Å². The van der Waals surface area contributed by atoms with Crippen molar-refractivity contribution < 1.29 is 4.79 Å². The number of rotatable bonds is 3. The Hall–Kier alpha value is -1.48. The minimum atomic E-state index is 0.178. The second-order valence-electron chi connectivity index (χ2n) is 4.47. The monoisotopic (exact) mass is 243 g/mol. The predicted molar refractivity (Wildman–Crippen MR) is 68.5 cm³/mol. The van der Waals surface area contributed by atoms with Gasteiger partial charge in [0.25, 0.3) is 0 Å². The van der Waals surface area contributed by atoms with E-state index >= 15 is 0 Å². The molecule has 1 aromatic heterocycles. The van der Waals surface area contributed by atoms with Crippen LogP contribution in [0.25, 0.3) is 0 Å². The molecule has 86 valence electrons. The van der Waals surface area contributed by atoms with Crippen molar-refractivity contribution in [1.82, 2.24) is 4.98 Å². The topological polar surface area (TPSA) is 30.0 Å². The van der Waals surface area contributed by atoms with Crippen LogP contribution in [0.5, 0.6) is 0 Å². The Morgan fingerprint density at radius 2 is 2.12 bits per heavy atom. The van der Waals surface area contributed by atoms with Gasteiger partial charge in [-0.1, -0.05) is 30.3 Å². The Labute approximate surface area is 104 Å². The van der Waals surface area contributed by atoms with E-state index in [4.69, 9.17) is 0 Å². The fourth-order valence-electron chi connectivity index (χ4n) is 2.21. The van der Waals surface area contributed by atoms with Crippen LogP contribution in [0.15, 0.2) is 36.5 Å². The van der Waals surface area contributed by atoms with Gasteiger partial charge >= 0.3 is 0 Å². The summed E-state index contributed by atoms with van der Waals surface area (Å²) in [6.45, 7) is 1.93. The summed E-state index contributed by atoms with van der Waals surface area (Å²) in [4.78, 5) is 17.1. The average molecular weight is 243 g/mol. The lowest BCUT2D eigenvalue weighted by Crippen LogP contribution is -2.00. The highest BCUT2D eigenvalue weighted by Crippen LogP contribution is 2.49. The number of ketones is 1. The van der Waals surface area contributed by atoms with Gasteiger partial charge in [0.1, 0.15) is 0 Å². The molecule has 1 aliphatic carbocycles. The standard InChI is InChI=1S/C14H13NOS/c1-9-15-8-13(17-9)14(16)12-7-11(12)10-5-3-2-4-6-10/h2-6,8,11-12H,7H2,1H3. The normalized spacial score (nSPS) is 22.4. The molecule has 1 aliphatic rings. The summed E-state index contributed by atoms with van der Waals surface area (Å²) in [6, 6.07) is 10.3. The van der Waals surface area contributed by atoms with Crippen LogP contribution in [0.2, 0.25) is 0 Å². The molecule has 2 aromatic rings. The van der Waals surface area contributed by atoms with Crippen molar-refractivity contribution in [3.8, 4) is 0 Å². The molecule has 0 saturated heterocycles. The number of nitrogens with zero attached hydrogens (tertiary/aromatic N) is 1. The molecule has 0 N–H and O–H groups in total. The van der Waals surface area contributed by atoms with E-state index in [0.29, 0.717) is 5.92 Å². The van der Waals surface area contributed by atoms with E-state index in [1.807, 2.05) is 25.1 Å². The molecule has 2 atom stereocenters. The van der Waals surface area contributed by atoms with Crippen LogP contribution in [0.3, 0.4) is 0 Å². The molecule has 0 amide bonds. The van der Waals surface area contributed by atoms with Crippen molar-refractivity contribution in [2.24, 2.45) is 5.92 Å². The summed E-state index contributed by atoms with van der Waals surface area (Å²) < 4.78 is 0. The van der Waals surface area contributed by atoms with Crippen molar-refractivity contribution in [2.45, 2.75) is 19.3 Å². The second kappa shape index (κ2) is 4.08. The number of hydrogen-bond acceptors (Lipinski definition) is 3.